The molecular formula is C16H14BrN3O. The molecule has 1 amide bonds. The molecule has 5 heteroatoms. The minimum absolute atomic E-state index is 0.153. The number of rotatable bonds is 3. The second kappa shape index (κ2) is 5.61. The first-order valence-electron chi connectivity index (χ1n) is 6.53. The fourth-order valence-corrected chi connectivity index (χ4v) is 2.50. The number of carbonyl (C=O) groups is 1. The van der Waals surface area contributed by atoms with Gasteiger partial charge >= 0.3 is 0 Å². The average Bonchev–Trinajstić information content (AvgIpc) is 2.91. The molecule has 0 bridgehead atoms. The maximum Gasteiger partial charge on any atom is 0.272 e. The molecule has 3 N–H and O–H groups in total. The Morgan fingerprint density at radius 3 is 2.48 bits per heavy atom. The number of carbonyl (C=O) groups excluding carboxylic acids is 1. The summed E-state index contributed by atoms with van der Waals surface area (Å²) in [6.07, 6.45) is 0. The van der Waals surface area contributed by atoms with E-state index in [9.17, 15) is 4.79 Å². The number of aromatic nitrogens is 1. The third-order valence-electron chi connectivity index (χ3n) is 3.26. The van der Waals surface area contributed by atoms with E-state index in [0.717, 1.165) is 26.8 Å². The van der Waals surface area contributed by atoms with Crippen LogP contribution in [0.5, 0.6) is 0 Å². The summed E-state index contributed by atoms with van der Waals surface area (Å²) in [7, 11) is 1.86. The van der Waals surface area contributed by atoms with Gasteiger partial charge in [0.2, 0.25) is 0 Å². The Morgan fingerprint density at radius 2 is 1.76 bits per heavy atom. The van der Waals surface area contributed by atoms with Crippen molar-refractivity contribution in [1.29, 1.82) is 0 Å². The molecule has 3 rings (SSSR count). The monoisotopic (exact) mass is 343 g/mol. The first-order valence-corrected chi connectivity index (χ1v) is 7.32. The van der Waals surface area contributed by atoms with Crippen molar-refractivity contribution in [3.05, 3.63) is 58.7 Å². The van der Waals surface area contributed by atoms with E-state index in [1.165, 1.54) is 0 Å². The van der Waals surface area contributed by atoms with Crippen LogP contribution in [0.25, 0.3) is 10.9 Å². The molecule has 21 heavy (non-hydrogen) atoms. The number of H-pyrrole nitrogens is 1. The topological polar surface area (TPSA) is 56.9 Å². The van der Waals surface area contributed by atoms with Crippen LogP contribution in [0.3, 0.4) is 0 Å². The molecule has 0 aliphatic heterocycles. The van der Waals surface area contributed by atoms with Crippen LogP contribution in [0, 0.1) is 0 Å². The summed E-state index contributed by atoms with van der Waals surface area (Å²) < 4.78 is 0.978. The molecule has 4 nitrogen and oxygen atoms in total. The highest BCUT2D eigenvalue weighted by Gasteiger charge is 2.10. The molecule has 0 aliphatic carbocycles. The number of halogens is 1. The molecule has 0 spiro atoms. The van der Waals surface area contributed by atoms with E-state index in [-0.39, 0.29) is 5.91 Å². The number of amides is 1. The van der Waals surface area contributed by atoms with E-state index >= 15 is 0 Å². The Bertz CT molecular complexity index is 793. The van der Waals surface area contributed by atoms with E-state index in [1.54, 1.807) is 0 Å². The van der Waals surface area contributed by atoms with Gasteiger partial charge in [-0.15, -0.1) is 0 Å². The maximum absolute atomic E-state index is 12.3. The van der Waals surface area contributed by atoms with E-state index < -0.39 is 0 Å². The Balaban J connectivity index is 1.82. The van der Waals surface area contributed by atoms with E-state index in [1.807, 2.05) is 55.6 Å². The lowest BCUT2D eigenvalue weighted by molar-refractivity contribution is 0.102. The highest BCUT2D eigenvalue weighted by Crippen LogP contribution is 2.21. The predicted molar refractivity (Wildman–Crippen MR) is 89.9 cm³/mol. The summed E-state index contributed by atoms with van der Waals surface area (Å²) in [5.74, 6) is -0.153. The zero-order chi connectivity index (χ0) is 14.8. The van der Waals surface area contributed by atoms with Crippen LogP contribution < -0.4 is 10.6 Å². The van der Waals surface area contributed by atoms with Gasteiger partial charge in [-0.05, 0) is 42.5 Å². The standard InChI is InChI=1S/C16H14BrN3O/c1-18-12-4-6-13(7-5-12)19-16(21)15-8-10-2-3-11(17)9-14(10)20-15/h2-9,18,20H,1H3,(H,19,21). The number of hydrogen-bond donors (Lipinski definition) is 3. The molecule has 0 saturated heterocycles. The lowest BCUT2D eigenvalue weighted by Gasteiger charge is -2.05. The van der Waals surface area contributed by atoms with Crippen LogP contribution in [0.1, 0.15) is 10.5 Å². The molecule has 0 saturated carbocycles. The fraction of sp³-hybridized carbons (Fsp3) is 0.0625. The Labute approximate surface area is 130 Å². The zero-order valence-corrected chi connectivity index (χ0v) is 13.0. The molecule has 1 heterocycles. The minimum atomic E-state index is -0.153. The molecule has 0 unspecified atom stereocenters. The van der Waals surface area contributed by atoms with Gasteiger partial charge in [-0.2, -0.15) is 0 Å². The smallest absolute Gasteiger partial charge is 0.272 e. The van der Waals surface area contributed by atoms with Gasteiger partial charge in [0.1, 0.15) is 5.69 Å². The van der Waals surface area contributed by atoms with Crippen molar-refractivity contribution in [1.82, 2.24) is 4.98 Å². The van der Waals surface area contributed by atoms with Crippen molar-refractivity contribution in [2.45, 2.75) is 0 Å². The molecule has 0 atom stereocenters. The van der Waals surface area contributed by atoms with Gasteiger partial charge in [0.15, 0.2) is 0 Å². The van der Waals surface area contributed by atoms with Gasteiger partial charge in [0.05, 0.1) is 0 Å². The number of anilines is 2. The van der Waals surface area contributed by atoms with Crippen LogP contribution >= 0.6 is 15.9 Å². The van der Waals surface area contributed by atoms with Crippen LogP contribution in [0.15, 0.2) is 53.0 Å². The van der Waals surface area contributed by atoms with Gasteiger partial charge < -0.3 is 15.6 Å². The quantitative estimate of drug-likeness (QED) is 0.666. The van der Waals surface area contributed by atoms with E-state index in [4.69, 9.17) is 0 Å². The van der Waals surface area contributed by atoms with Gasteiger partial charge in [-0.25, -0.2) is 0 Å². The second-order valence-corrected chi connectivity index (χ2v) is 5.61. The van der Waals surface area contributed by atoms with E-state index in [2.05, 4.69) is 31.5 Å². The molecule has 0 radical (unpaired) electrons. The summed E-state index contributed by atoms with van der Waals surface area (Å²) in [5, 5.41) is 6.92. The minimum Gasteiger partial charge on any atom is -0.388 e. The molecule has 2 aromatic carbocycles. The van der Waals surface area contributed by atoms with Gasteiger partial charge in [0, 0.05) is 33.8 Å². The van der Waals surface area contributed by atoms with Gasteiger partial charge in [-0.3, -0.25) is 4.79 Å². The lowest BCUT2D eigenvalue weighted by Crippen LogP contribution is -2.12. The summed E-state index contributed by atoms with van der Waals surface area (Å²) in [6.45, 7) is 0. The predicted octanol–water partition coefficient (Wildman–Crippen LogP) is 4.22. The van der Waals surface area contributed by atoms with Crippen LogP contribution in [0.4, 0.5) is 11.4 Å². The largest absolute Gasteiger partial charge is 0.388 e. The summed E-state index contributed by atoms with van der Waals surface area (Å²) >= 11 is 3.42. The fourth-order valence-electron chi connectivity index (χ4n) is 2.14. The molecule has 3 aromatic rings. The normalized spacial score (nSPS) is 10.6. The third-order valence-corrected chi connectivity index (χ3v) is 3.75. The maximum atomic E-state index is 12.3. The number of nitrogens with one attached hydrogen (secondary N) is 3. The van der Waals surface area contributed by atoms with Gasteiger partial charge in [0.25, 0.3) is 5.91 Å². The highest BCUT2D eigenvalue weighted by molar-refractivity contribution is 9.10. The third kappa shape index (κ3) is 2.92. The Hall–Kier alpha value is -2.27. The first-order chi connectivity index (χ1) is 10.2. The Kier molecular flexibility index (Phi) is 3.66. The number of hydrogen-bond acceptors (Lipinski definition) is 2. The van der Waals surface area contributed by atoms with Crippen LogP contribution in [0.2, 0.25) is 0 Å². The van der Waals surface area contributed by atoms with Crippen molar-refractivity contribution in [2.24, 2.45) is 0 Å². The summed E-state index contributed by atoms with van der Waals surface area (Å²) in [6, 6.07) is 15.3. The highest BCUT2D eigenvalue weighted by atomic mass is 79.9. The van der Waals surface area contributed by atoms with Crippen molar-refractivity contribution < 1.29 is 4.79 Å². The molecule has 0 aliphatic rings. The van der Waals surface area contributed by atoms with Crippen molar-refractivity contribution in [3.63, 3.8) is 0 Å². The number of fused-ring (bicyclic) bond motifs is 1. The van der Waals surface area contributed by atoms with E-state index in [0.29, 0.717) is 5.69 Å². The Morgan fingerprint density at radius 1 is 1.05 bits per heavy atom. The van der Waals surface area contributed by atoms with Crippen molar-refractivity contribution in [3.8, 4) is 0 Å². The lowest BCUT2D eigenvalue weighted by atomic mass is 10.2. The zero-order valence-electron chi connectivity index (χ0n) is 11.4. The van der Waals surface area contributed by atoms with Crippen molar-refractivity contribution >= 4 is 44.1 Å². The van der Waals surface area contributed by atoms with Gasteiger partial charge in [-0.1, -0.05) is 22.0 Å². The molecule has 106 valence electrons. The second-order valence-electron chi connectivity index (χ2n) is 4.70. The molecule has 1 aromatic heterocycles. The van der Waals surface area contributed by atoms with Crippen LogP contribution in [-0.4, -0.2) is 17.9 Å². The number of aromatic amines is 1. The summed E-state index contributed by atoms with van der Waals surface area (Å²) in [5.41, 5.74) is 3.24. The SMILES string of the molecule is CNc1ccc(NC(=O)c2cc3ccc(Br)cc3[nH]2)cc1. The first kappa shape index (κ1) is 13.7. The average molecular weight is 344 g/mol. The summed E-state index contributed by atoms with van der Waals surface area (Å²) in [4.78, 5) is 15.4. The molecular weight excluding hydrogens is 330 g/mol. The molecule has 0 fully saturated rings. The van der Waals surface area contributed by atoms with Crippen LogP contribution in [-0.2, 0) is 0 Å². The number of benzene rings is 2. The van der Waals surface area contributed by atoms with Crippen molar-refractivity contribution in [2.75, 3.05) is 17.7 Å².